The van der Waals surface area contributed by atoms with Crippen molar-refractivity contribution in [3.05, 3.63) is 35.9 Å². The van der Waals surface area contributed by atoms with Crippen LogP contribution in [0.2, 0.25) is 0 Å². The van der Waals surface area contributed by atoms with Gasteiger partial charge in [-0.3, -0.25) is 4.79 Å². The molecule has 0 heterocycles. The topological polar surface area (TPSA) is 29.5 Å². The van der Waals surface area contributed by atoms with Gasteiger partial charge in [-0.1, -0.05) is 30.3 Å². The Kier molecular flexibility index (Phi) is 5.94. The van der Waals surface area contributed by atoms with E-state index in [9.17, 15) is 22.4 Å². The van der Waals surface area contributed by atoms with Gasteiger partial charge in [-0.05, 0) is 5.56 Å². The molecule has 0 bridgehead atoms. The van der Waals surface area contributed by atoms with Crippen LogP contribution < -0.4 is 0 Å². The standard InChI is InChI=1S/C13H15F4NO2/c1-20-8-7-18(9-10-5-3-2-4-6-10)12(19)11(14)13(15,16)17/h2-6,11H,7-9H2,1H3. The number of carbonyl (C=O) groups is 1. The second-order valence-corrected chi connectivity index (χ2v) is 4.14. The van der Waals surface area contributed by atoms with E-state index < -0.39 is 18.3 Å². The molecule has 0 aromatic heterocycles. The summed E-state index contributed by atoms with van der Waals surface area (Å²) >= 11 is 0. The molecule has 0 spiro atoms. The van der Waals surface area contributed by atoms with Gasteiger partial charge in [0.2, 0.25) is 0 Å². The number of halogens is 4. The number of hydrogen-bond acceptors (Lipinski definition) is 2. The van der Waals surface area contributed by atoms with Crippen LogP contribution >= 0.6 is 0 Å². The molecule has 0 saturated carbocycles. The first-order valence-electron chi connectivity index (χ1n) is 5.88. The molecule has 1 aromatic rings. The quantitative estimate of drug-likeness (QED) is 0.754. The average Bonchev–Trinajstić information content (AvgIpc) is 2.42. The van der Waals surface area contributed by atoms with Gasteiger partial charge in [0, 0.05) is 20.2 Å². The maximum Gasteiger partial charge on any atom is 0.428 e. The van der Waals surface area contributed by atoms with Crippen LogP contribution in [0.3, 0.4) is 0 Å². The van der Waals surface area contributed by atoms with Gasteiger partial charge in [0.15, 0.2) is 0 Å². The van der Waals surface area contributed by atoms with Crippen molar-refractivity contribution in [3.63, 3.8) is 0 Å². The minimum Gasteiger partial charge on any atom is -0.383 e. The van der Waals surface area contributed by atoms with Crippen molar-refractivity contribution in [2.45, 2.75) is 18.9 Å². The van der Waals surface area contributed by atoms with E-state index in [-0.39, 0.29) is 19.7 Å². The molecule has 0 radical (unpaired) electrons. The molecule has 0 aliphatic heterocycles. The lowest BCUT2D eigenvalue weighted by molar-refractivity contribution is -0.193. The van der Waals surface area contributed by atoms with Gasteiger partial charge in [0.25, 0.3) is 12.1 Å². The Balaban J connectivity index is 2.81. The third-order valence-corrected chi connectivity index (χ3v) is 2.60. The van der Waals surface area contributed by atoms with Gasteiger partial charge in [0.1, 0.15) is 0 Å². The van der Waals surface area contributed by atoms with Crippen molar-refractivity contribution in [1.29, 1.82) is 0 Å². The van der Waals surface area contributed by atoms with E-state index in [2.05, 4.69) is 0 Å². The number of amides is 1. The Morgan fingerprint density at radius 1 is 1.30 bits per heavy atom. The monoisotopic (exact) mass is 293 g/mol. The molecule has 0 aliphatic rings. The number of methoxy groups -OCH3 is 1. The SMILES string of the molecule is COCCN(Cc1ccccc1)C(=O)C(F)C(F)(F)F. The summed E-state index contributed by atoms with van der Waals surface area (Å²) in [5.41, 5.74) is 0.617. The van der Waals surface area contributed by atoms with Crippen molar-refractivity contribution in [2.24, 2.45) is 0 Å². The maximum absolute atomic E-state index is 13.1. The summed E-state index contributed by atoms with van der Waals surface area (Å²) in [6.45, 7) is -0.177. The number of alkyl halides is 4. The minimum absolute atomic E-state index is 0.0309. The summed E-state index contributed by atoms with van der Waals surface area (Å²) in [7, 11) is 1.35. The third-order valence-electron chi connectivity index (χ3n) is 2.60. The number of benzene rings is 1. The molecule has 1 amide bonds. The van der Waals surface area contributed by atoms with E-state index in [0.29, 0.717) is 5.56 Å². The molecule has 0 aliphatic carbocycles. The van der Waals surface area contributed by atoms with Crippen LogP contribution in [0.4, 0.5) is 17.6 Å². The third kappa shape index (κ3) is 4.80. The van der Waals surface area contributed by atoms with Crippen LogP contribution in [-0.4, -0.2) is 43.4 Å². The Morgan fingerprint density at radius 2 is 1.90 bits per heavy atom. The van der Waals surface area contributed by atoms with Crippen LogP contribution in [0.1, 0.15) is 5.56 Å². The highest BCUT2D eigenvalue weighted by molar-refractivity contribution is 5.81. The normalized spacial score (nSPS) is 13.1. The molecule has 0 N–H and O–H groups in total. The molecule has 20 heavy (non-hydrogen) atoms. The number of nitrogens with zero attached hydrogens (tertiary/aromatic N) is 1. The largest absolute Gasteiger partial charge is 0.428 e. The van der Waals surface area contributed by atoms with Gasteiger partial charge in [-0.25, -0.2) is 4.39 Å². The summed E-state index contributed by atoms with van der Waals surface area (Å²) in [4.78, 5) is 12.4. The van der Waals surface area contributed by atoms with Gasteiger partial charge in [-0.2, -0.15) is 13.2 Å². The lowest BCUT2D eigenvalue weighted by Gasteiger charge is -2.25. The summed E-state index contributed by atoms with van der Waals surface area (Å²) in [6, 6.07) is 8.40. The summed E-state index contributed by atoms with van der Waals surface area (Å²) < 4.78 is 54.7. The highest BCUT2D eigenvalue weighted by Gasteiger charge is 2.47. The zero-order chi connectivity index (χ0) is 15.2. The predicted octanol–water partition coefficient (Wildman–Crippen LogP) is 2.56. The molecule has 0 saturated heterocycles. The number of carbonyl (C=O) groups excluding carboxylic acids is 1. The van der Waals surface area contributed by atoms with Crippen LogP contribution in [0.5, 0.6) is 0 Å². The molecule has 1 atom stereocenters. The molecular weight excluding hydrogens is 278 g/mol. The predicted molar refractivity (Wildman–Crippen MR) is 64.7 cm³/mol. The van der Waals surface area contributed by atoms with E-state index in [1.54, 1.807) is 30.3 Å². The van der Waals surface area contributed by atoms with Crippen molar-refractivity contribution < 1.29 is 27.1 Å². The van der Waals surface area contributed by atoms with Crippen molar-refractivity contribution in [2.75, 3.05) is 20.3 Å². The van der Waals surface area contributed by atoms with Crippen LogP contribution in [0.15, 0.2) is 30.3 Å². The number of ether oxygens (including phenoxy) is 1. The van der Waals surface area contributed by atoms with Gasteiger partial charge in [-0.15, -0.1) is 0 Å². The molecule has 1 aromatic carbocycles. The zero-order valence-electron chi connectivity index (χ0n) is 10.9. The molecule has 3 nitrogen and oxygen atoms in total. The first-order valence-corrected chi connectivity index (χ1v) is 5.88. The highest BCUT2D eigenvalue weighted by atomic mass is 19.4. The van der Waals surface area contributed by atoms with Crippen molar-refractivity contribution in [1.82, 2.24) is 4.90 Å². The van der Waals surface area contributed by atoms with E-state index >= 15 is 0 Å². The lowest BCUT2D eigenvalue weighted by Crippen LogP contribution is -2.44. The molecule has 112 valence electrons. The van der Waals surface area contributed by atoms with Gasteiger partial charge in [0.05, 0.1) is 6.61 Å². The smallest absolute Gasteiger partial charge is 0.383 e. The zero-order valence-corrected chi connectivity index (χ0v) is 10.9. The van der Waals surface area contributed by atoms with Crippen molar-refractivity contribution in [3.8, 4) is 0 Å². The summed E-state index contributed by atoms with van der Waals surface area (Å²) in [6.07, 6.45) is -8.71. The Hall–Kier alpha value is -1.63. The molecule has 1 rings (SSSR count). The average molecular weight is 293 g/mol. The van der Waals surface area contributed by atoms with Gasteiger partial charge >= 0.3 is 6.18 Å². The van der Waals surface area contributed by atoms with Crippen LogP contribution in [0, 0.1) is 0 Å². The second-order valence-electron chi connectivity index (χ2n) is 4.14. The summed E-state index contributed by atoms with van der Waals surface area (Å²) in [5, 5.41) is 0. The first kappa shape index (κ1) is 16.4. The Morgan fingerprint density at radius 3 is 2.40 bits per heavy atom. The lowest BCUT2D eigenvalue weighted by atomic mass is 10.2. The Labute approximate surface area is 114 Å². The van der Waals surface area contributed by atoms with Gasteiger partial charge < -0.3 is 9.64 Å². The maximum atomic E-state index is 13.1. The fourth-order valence-electron chi connectivity index (χ4n) is 1.57. The van der Waals surface area contributed by atoms with Crippen LogP contribution in [-0.2, 0) is 16.1 Å². The molecule has 1 unspecified atom stereocenters. The number of rotatable bonds is 6. The molecule has 7 heteroatoms. The Bertz CT molecular complexity index is 422. The summed E-state index contributed by atoms with van der Waals surface area (Å²) in [5.74, 6) is -1.60. The molecular formula is C13H15F4NO2. The minimum atomic E-state index is -5.20. The van der Waals surface area contributed by atoms with Crippen molar-refractivity contribution >= 4 is 5.91 Å². The highest BCUT2D eigenvalue weighted by Crippen LogP contribution is 2.25. The van der Waals surface area contributed by atoms with E-state index in [1.807, 2.05) is 0 Å². The second kappa shape index (κ2) is 7.23. The van der Waals surface area contributed by atoms with E-state index in [1.165, 1.54) is 7.11 Å². The fraction of sp³-hybridized carbons (Fsp3) is 0.462. The number of hydrogen-bond donors (Lipinski definition) is 0. The van der Waals surface area contributed by atoms with E-state index in [0.717, 1.165) is 4.90 Å². The first-order chi connectivity index (χ1) is 9.36. The molecule has 0 fully saturated rings. The van der Waals surface area contributed by atoms with Crippen LogP contribution in [0.25, 0.3) is 0 Å². The van der Waals surface area contributed by atoms with E-state index in [4.69, 9.17) is 4.74 Å². The fourth-order valence-corrected chi connectivity index (χ4v) is 1.57.